The zero-order valence-corrected chi connectivity index (χ0v) is 20.6. The Balaban J connectivity index is 0.00000512. The molecule has 172 valence electrons. The fourth-order valence-corrected chi connectivity index (χ4v) is 4.08. The van der Waals surface area contributed by atoms with E-state index >= 15 is 0 Å². The minimum atomic E-state index is -0.261. The average Bonchev–Trinajstić information content (AvgIpc) is 2.68. The molecule has 1 unspecified atom stereocenters. The molecule has 0 aromatic heterocycles. The molecule has 32 heavy (non-hydrogen) atoms. The molecule has 1 atom stereocenters. The van der Waals surface area contributed by atoms with Crippen LogP contribution in [0.3, 0.4) is 0 Å². The van der Waals surface area contributed by atoms with Crippen molar-refractivity contribution in [2.45, 2.75) is 59.9 Å². The number of methoxy groups -OCH3 is 2. The van der Waals surface area contributed by atoms with Gasteiger partial charge < -0.3 is 23.7 Å². The van der Waals surface area contributed by atoms with Crippen LogP contribution in [-0.4, -0.2) is 56.9 Å². The van der Waals surface area contributed by atoms with E-state index in [0.29, 0.717) is 39.6 Å². The van der Waals surface area contributed by atoms with Gasteiger partial charge in [-0.2, -0.15) is 0 Å². The van der Waals surface area contributed by atoms with Crippen LogP contribution < -0.4 is 29.0 Å². The summed E-state index contributed by atoms with van der Waals surface area (Å²) in [5.41, 5.74) is 0.272. The van der Waals surface area contributed by atoms with Crippen LogP contribution in [0.25, 0.3) is 0 Å². The van der Waals surface area contributed by atoms with Crippen LogP contribution in [0.5, 0.6) is 28.7 Å². The third-order valence-corrected chi connectivity index (χ3v) is 5.25. The van der Waals surface area contributed by atoms with Crippen molar-refractivity contribution in [3.05, 3.63) is 35.9 Å². The van der Waals surface area contributed by atoms with Gasteiger partial charge in [0.2, 0.25) is 0 Å². The van der Waals surface area contributed by atoms with Crippen molar-refractivity contribution in [1.82, 2.24) is 0 Å². The topological polar surface area (TPSA) is 63.2 Å². The zero-order chi connectivity index (χ0) is 23.1. The molecular weight excluding hydrogens is 422 g/mol. The fraction of sp³-hybridized carbons (Fsp3) is 0.458. The molecule has 6 nitrogen and oxygen atoms in total. The van der Waals surface area contributed by atoms with Crippen LogP contribution in [-0.2, 0) is 0 Å². The first kappa shape index (κ1) is 28.2. The van der Waals surface area contributed by atoms with Crippen molar-refractivity contribution >= 4 is 38.3 Å². The standard InChI is InChI=1S/C24H33O6P.Li.H/c1-14(2)28-17-12-20(29-15(3)4)23(21(13-17)30-16(5)6)31-24(25)22-18(26-7)10-9-11-19(22)27-8;;/h9-16,31H,1-8H3;;. The number of benzene rings is 2. The third-order valence-electron chi connectivity index (χ3n) is 4.03. The van der Waals surface area contributed by atoms with E-state index in [2.05, 4.69) is 0 Å². The van der Waals surface area contributed by atoms with Crippen LogP contribution in [0.1, 0.15) is 51.9 Å². The second kappa shape index (κ2) is 13.0. The summed E-state index contributed by atoms with van der Waals surface area (Å²) in [5, 5.41) is 0.691. The van der Waals surface area contributed by atoms with Gasteiger partial charge in [-0.05, 0) is 62.3 Å². The van der Waals surface area contributed by atoms with Crippen molar-refractivity contribution in [1.29, 1.82) is 0 Å². The average molecular weight is 456 g/mol. The molecule has 0 aliphatic rings. The molecule has 0 bridgehead atoms. The van der Waals surface area contributed by atoms with Crippen LogP contribution >= 0.6 is 8.58 Å². The molecule has 0 amide bonds. The van der Waals surface area contributed by atoms with Gasteiger partial charge in [0.25, 0.3) is 0 Å². The van der Waals surface area contributed by atoms with Crippen LogP contribution in [0, 0.1) is 0 Å². The van der Waals surface area contributed by atoms with Gasteiger partial charge in [0.1, 0.15) is 34.3 Å². The molecule has 2 rings (SSSR count). The second-order valence-corrected chi connectivity index (χ2v) is 8.99. The fourth-order valence-electron chi connectivity index (χ4n) is 2.97. The summed E-state index contributed by atoms with van der Waals surface area (Å²) in [6.07, 6.45) is -0.173. The first-order chi connectivity index (χ1) is 14.7. The number of carbonyl (C=O) groups is 1. The first-order valence-electron chi connectivity index (χ1n) is 10.4. The van der Waals surface area contributed by atoms with Gasteiger partial charge in [0, 0.05) is 12.1 Å². The summed E-state index contributed by atoms with van der Waals surface area (Å²) in [7, 11) is 2.81. The maximum absolute atomic E-state index is 13.4. The molecule has 0 fully saturated rings. The molecule has 0 spiro atoms. The normalized spacial score (nSPS) is 11.1. The molecule has 0 N–H and O–H groups in total. The molecule has 0 saturated heterocycles. The molecule has 2 aromatic rings. The van der Waals surface area contributed by atoms with Crippen LogP contribution in [0.15, 0.2) is 30.3 Å². The number of hydrogen-bond donors (Lipinski definition) is 0. The third kappa shape index (κ3) is 7.62. The van der Waals surface area contributed by atoms with E-state index in [9.17, 15) is 4.79 Å². The van der Waals surface area contributed by atoms with Gasteiger partial charge in [-0.1, -0.05) is 6.07 Å². The SMILES string of the molecule is COc1cccc(OC)c1C(=O)Pc1c(OC(C)C)cc(OC(C)C)cc1OC(C)C.[LiH]. The Labute approximate surface area is 205 Å². The van der Waals surface area contributed by atoms with Gasteiger partial charge in [0.15, 0.2) is 5.52 Å². The monoisotopic (exact) mass is 456 g/mol. The molecule has 0 heterocycles. The van der Waals surface area contributed by atoms with E-state index in [1.54, 1.807) is 18.2 Å². The van der Waals surface area contributed by atoms with Gasteiger partial charge in [0.05, 0.1) is 37.8 Å². The number of ether oxygens (including phenoxy) is 5. The van der Waals surface area contributed by atoms with Gasteiger partial charge >= 0.3 is 18.9 Å². The molecule has 0 aliphatic heterocycles. The number of rotatable bonds is 11. The Morgan fingerprint density at radius 2 is 1.19 bits per heavy atom. The molecule has 0 saturated carbocycles. The summed E-state index contributed by atoms with van der Waals surface area (Å²) >= 11 is 0. The van der Waals surface area contributed by atoms with E-state index in [4.69, 9.17) is 23.7 Å². The minimum absolute atomic E-state index is 0. The van der Waals surface area contributed by atoms with Gasteiger partial charge in [-0.25, -0.2) is 0 Å². The van der Waals surface area contributed by atoms with Crippen molar-refractivity contribution < 1.29 is 28.5 Å². The van der Waals surface area contributed by atoms with E-state index in [1.807, 2.05) is 53.7 Å². The molecule has 0 radical (unpaired) electrons. The number of carbonyl (C=O) groups excluding carboxylic acids is 1. The zero-order valence-electron chi connectivity index (χ0n) is 19.6. The van der Waals surface area contributed by atoms with E-state index < -0.39 is 0 Å². The van der Waals surface area contributed by atoms with Crippen molar-refractivity contribution in [2.24, 2.45) is 0 Å². The van der Waals surface area contributed by atoms with Gasteiger partial charge in [-0.3, -0.25) is 4.79 Å². The Hall–Kier alpha value is -1.86. The van der Waals surface area contributed by atoms with E-state index in [1.165, 1.54) is 14.2 Å². The van der Waals surface area contributed by atoms with Crippen LogP contribution in [0.2, 0.25) is 0 Å². The molecule has 2 aromatic carbocycles. The Morgan fingerprint density at radius 1 is 0.750 bits per heavy atom. The van der Waals surface area contributed by atoms with E-state index in [-0.39, 0.29) is 51.3 Å². The Morgan fingerprint density at radius 3 is 1.56 bits per heavy atom. The molecule has 0 aliphatic carbocycles. The summed E-state index contributed by atoms with van der Waals surface area (Å²) < 4.78 is 28.9. The van der Waals surface area contributed by atoms with Crippen molar-refractivity contribution in [3.8, 4) is 28.7 Å². The second-order valence-electron chi connectivity index (χ2n) is 7.79. The summed E-state index contributed by atoms with van der Waals surface area (Å²) in [6, 6.07) is 8.93. The molecular formula is C24H34LiO6P. The summed E-state index contributed by atoms with van der Waals surface area (Å²) in [6.45, 7) is 11.7. The van der Waals surface area contributed by atoms with E-state index in [0.717, 1.165) is 0 Å². The predicted molar refractivity (Wildman–Crippen MR) is 133 cm³/mol. The quantitative estimate of drug-likeness (QED) is 0.365. The summed E-state index contributed by atoms with van der Waals surface area (Å²) in [5.74, 6) is 2.72. The maximum atomic E-state index is 13.4. The van der Waals surface area contributed by atoms with Gasteiger partial charge in [-0.15, -0.1) is 0 Å². The summed E-state index contributed by atoms with van der Waals surface area (Å²) in [4.78, 5) is 13.4. The van der Waals surface area contributed by atoms with Crippen molar-refractivity contribution in [3.63, 3.8) is 0 Å². The van der Waals surface area contributed by atoms with Crippen LogP contribution in [0.4, 0.5) is 0 Å². The van der Waals surface area contributed by atoms with Crippen molar-refractivity contribution in [2.75, 3.05) is 14.2 Å². The predicted octanol–water partition coefficient (Wildman–Crippen LogP) is 4.56. The first-order valence-corrected chi connectivity index (χ1v) is 11.4. The Bertz CT molecular complexity index is 845. The number of hydrogen-bond acceptors (Lipinski definition) is 6. The molecule has 8 heteroatoms. The Kier molecular flexibility index (Phi) is 11.4.